The maximum Gasteiger partial charge on any atom is 0.194 e. The molecule has 2 rings (SSSR count). The van der Waals surface area contributed by atoms with Crippen LogP contribution >= 0.6 is 0 Å². The van der Waals surface area contributed by atoms with Crippen molar-refractivity contribution >= 4 is 5.96 Å². The molecule has 1 N–H and O–H groups in total. The third kappa shape index (κ3) is 4.83. The van der Waals surface area contributed by atoms with Crippen LogP contribution in [-0.4, -0.2) is 87.0 Å². The van der Waals surface area contributed by atoms with E-state index < -0.39 is 0 Å². The molecule has 2 saturated heterocycles. The molecule has 2 fully saturated rings. The molecule has 0 aliphatic carbocycles. The van der Waals surface area contributed by atoms with Gasteiger partial charge in [0.2, 0.25) is 0 Å². The predicted octanol–water partition coefficient (Wildman–Crippen LogP) is 1.56. The number of guanidine groups is 1. The summed E-state index contributed by atoms with van der Waals surface area (Å²) < 4.78 is 11.3. The number of likely N-dealkylation sites (tertiary alicyclic amines) is 1. The number of aliphatic imine (C=N–C) groups is 1. The number of ether oxygens (including phenoxy) is 2. The highest BCUT2D eigenvalue weighted by Gasteiger charge is 2.33. The SMILES string of the molecule is CCNC(=NCC1(OC)CCOCC1)N1CCC(N(CC)CC)C1. The molecule has 140 valence electrons. The molecule has 1 unspecified atom stereocenters. The predicted molar refractivity (Wildman–Crippen MR) is 98.7 cm³/mol. The zero-order valence-electron chi connectivity index (χ0n) is 16.0. The third-order valence-electron chi connectivity index (χ3n) is 5.48. The van der Waals surface area contributed by atoms with Crippen LogP contribution in [0.1, 0.15) is 40.0 Å². The first-order valence-electron chi connectivity index (χ1n) is 9.58. The fourth-order valence-electron chi connectivity index (χ4n) is 3.79. The van der Waals surface area contributed by atoms with Gasteiger partial charge in [-0.3, -0.25) is 9.89 Å². The summed E-state index contributed by atoms with van der Waals surface area (Å²) in [6.45, 7) is 14.2. The van der Waals surface area contributed by atoms with Crippen molar-refractivity contribution in [3.63, 3.8) is 0 Å². The molecule has 2 heterocycles. The summed E-state index contributed by atoms with van der Waals surface area (Å²) >= 11 is 0. The van der Waals surface area contributed by atoms with Gasteiger partial charge in [0.1, 0.15) is 0 Å². The minimum absolute atomic E-state index is 0.156. The topological polar surface area (TPSA) is 49.3 Å². The zero-order valence-corrected chi connectivity index (χ0v) is 16.0. The van der Waals surface area contributed by atoms with E-state index in [2.05, 4.69) is 35.9 Å². The van der Waals surface area contributed by atoms with E-state index >= 15 is 0 Å². The van der Waals surface area contributed by atoms with E-state index in [0.29, 0.717) is 12.6 Å². The first-order valence-corrected chi connectivity index (χ1v) is 9.58. The number of rotatable bonds is 7. The first kappa shape index (κ1) is 19.5. The van der Waals surface area contributed by atoms with E-state index in [0.717, 1.165) is 64.7 Å². The highest BCUT2D eigenvalue weighted by atomic mass is 16.5. The Morgan fingerprint density at radius 2 is 2.00 bits per heavy atom. The van der Waals surface area contributed by atoms with Crippen molar-refractivity contribution in [3.8, 4) is 0 Å². The molecule has 6 nitrogen and oxygen atoms in total. The van der Waals surface area contributed by atoms with Gasteiger partial charge < -0.3 is 19.7 Å². The van der Waals surface area contributed by atoms with Gasteiger partial charge in [0.05, 0.1) is 12.1 Å². The lowest BCUT2D eigenvalue weighted by molar-refractivity contribution is -0.0829. The summed E-state index contributed by atoms with van der Waals surface area (Å²) in [6.07, 6.45) is 3.07. The Morgan fingerprint density at radius 1 is 1.29 bits per heavy atom. The van der Waals surface area contributed by atoms with Gasteiger partial charge in [-0.2, -0.15) is 0 Å². The fourth-order valence-corrected chi connectivity index (χ4v) is 3.79. The van der Waals surface area contributed by atoms with Gasteiger partial charge in [0.15, 0.2) is 5.96 Å². The van der Waals surface area contributed by atoms with Gasteiger partial charge in [-0.25, -0.2) is 0 Å². The highest BCUT2D eigenvalue weighted by Crippen LogP contribution is 2.25. The van der Waals surface area contributed by atoms with E-state index in [1.165, 1.54) is 6.42 Å². The first-order chi connectivity index (χ1) is 11.7. The monoisotopic (exact) mass is 340 g/mol. The number of hydrogen-bond donors (Lipinski definition) is 1. The lowest BCUT2D eigenvalue weighted by atomic mass is 9.94. The maximum atomic E-state index is 5.82. The van der Waals surface area contributed by atoms with Crippen LogP contribution in [0.4, 0.5) is 0 Å². The van der Waals surface area contributed by atoms with Crippen molar-refractivity contribution in [1.29, 1.82) is 0 Å². The van der Waals surface area contributed by atoms with Crippen molar-refractivity contribution in [1.82, 2.24) is 15.1 Å². The zero-order chi connectivity index (χ0) is 17.4. The summed E-state index contributed by atoms with van der Waals surface area (Å²) in [6, 6.07) is 0.642. The summed E-state index contributed by atoms with van der Waals surface area (Å²) in [5.41, 5.74) is -0.156. The van der Waals surface area contributed by atoms with Crippen molar-refractivity contribution in [2.75, 3.05) is 59.6 Å². The van der Waals surface area contributed by atoms with Crippen molar-refractivity contribution in [2.24, 2.45) is 4.99 Å². The summed E-state index contributed by atoms with van der Waals surface area (Å²) in [5, 5.41) is 3.47. The molecular formula is C18H36N4O2. The van der Waals surface area contributed by atoms with E-state index in [4.69, 9.17) is 14.5 Å². The minimum atomic E-state index is -0.156. The molecule has 6 heteroatoms. The third-order valence-corrected chi connectivity index (χ3v) is 5.48. The van der Waals surface area contributed by atoms with E-state index in [9.17, 15) is 0 Å². The molecule has 0 aromatic heterocycles. The molecule has 0 amide bonds. The van der Waals surface area contributed by atoms with E-state index in [1.807, 2.05) is 0 Å². The van der Waals surface area contributed by atoms with Crippen LogP contribution in [0.5, 0.6) is 0 Å². The Hall–Kier alpha value is -0.850. The van der Waals surface area contributed by atoms with Crippen LogP contribution in [0.15, 0.2) is 4.99 Å². The number of hydrogen-bond acceptors (Lipinski definition) is 4. The van der Waals surface area contributed by atoms with E-state index in [1.54, 1.807) is 7.11 Å². The second-order valence-corrected chi connectivity index (χ2v) is 6.78. The van der Waals surface area contributed by atoms with Crippen LogP contribution in [-0.2, 0) is 9.47 Å². The van der Waals surface area contributed by atoms with Gasteiger partial charge in [-0.15, -0.1) is 0 Å². The quantitative estimate of drug-likeness (QED) is 0.563. The molecule has 0 aromatic rings. The molecule has 2 aliphatic heterocycles. The Kier molecular flexibility index (Phi) is 7.78. The molecule has 0 radical (unpaired) electrons. The second kappa shape index (κ2) is 9.59. The average Bonchev–Trinajstić information content (AvgIpc) is 3.10. The Labute approximate surface area is 147 Å². The van der Waals surface area contributed by atoms with Gasteiger partial charge >= 0.3 is 0 Å². The molecular weight excluding hydrogens is 304 g/mol. The van der Waals surface area contributed by atoms with Crippen LogP contribution in [0.25, 0.3) is 0 Å². The van der Waals surface area contributed by atoms with Crippen molar-refractivity contribution in [3.05, 3.63) is 0 Å². The van der Waals surface area contributed by atoms with Gasteiger partial charge in [-0.1, -0.05) is 13.8 Å². The molecule has 1 atom stereocenters. The molecule has 0 bridgehead atoms. The van der Waals surface area contributed by atoms with Crippen LogP contribution in [0, 0.1) is 0 Å². The van der Waals surface area contributed by atoms with Crippen LogP contribution < -0.4 is 5.32 Å². The minimum Gasteiger partial charge on any atom is -0.381 e. The Morgan fingerprint density at radius 3 is 2.58 bits per heavy atom. The summed E-state index contributed by atoms with van der Waals surface area (Å²) in [5.74, 6) is 1.04. The van der Waals surface area contributed by atoms with Gasteiger partial charge in [-0.05, 0) is 26.4 Å². The molecule has 0 spiro atoms. The molecule has 24 heavy (non-hydrogen) atoms. The molecule has 2 aliphatic rings. The number of nitrogens with one attached hydrogen (secondary N) is 1. The standard InChI is InChI=1S/C18H36N4O2/c1-5-19-17(20-15-18(23-4)9-12-24-13-10-18)22-11-8-16(14-22)21(6-2)7-3/h16H,5-15H2,1-4H3,(H,19,20). The van der Waals surface area contributed by atoms with Crippen molar-refractivity contribution < 1.29 is 9.47 Å². The lowest BCUT2D eigenvalue weighted by Crippen LogP contribution is -2.45. The number of methoxy groups -OCH3 is 1. The average molecular weight is 341 g/mol. The smallest absolute Gasteiger partial charge is 0.194 e. The van der Waals surface area contributed by atoms with Gasteiger partial charge in [0, 0.05) is 58.8 Å². The lowest BCUT2D eigenvalue weighted by Gasteiger charge is -2.35. The maximum absolute atomic E-state index is 5.82. The Balaban J connectivity index is 2.00. The Bertz CT molecular complexity index is 392. The molecule has 0 aromatic carbocycles. The van der Waals surface area contributed by atoms with E-state index in [-0.39, 0.29) is 5.60 Å². The molecule has 0 saturated carbocycles. The largest absolute Gasteiger partial charge is 0.381 e. The van der Waals surface area contributed by atoms with Crippen LogP contribution in [0.3, 0.4) is 0 Å². The fraction of sp³-hybridized carbons (Fsp3) is 0.944. The van der Waals surface area contributed by atoms with Crippen LogP contribution in [0.2, 0.25) is 0 Å². The normalized spacial score (nSPS) is 24.6. The highest BCUT2D eigenvalue weighted by molar-refractivity contribution is 5.80. The number of likely N-dealkylation sites (N-methyl/N-ethyl adjacent to an activating group) is 1. The van der Waals surface area contributed by atoms with Crippen molar-refractivity contribution in [2.45, 2.75) is 51.7 Å². The van der Waals surface area contributed by atoms with Gasteiger partial charge in [0.25, 0.3) is 0 Å². The second-order valence-electron chi connectivity index (χ2n) is 6.78. The summed E-state index contributed by atoms with van der Waals surface area (Å²) in [7, 11) is 1.81. The number of nitrogens with zero attached hydrogens (tertiary/aromatic N) is 3. The summed E-state index contributed by atoms with van der Waals surface area (Å²) in [4.78, 5) is 9.91.